The number of nitriles is 1. The van der Waals surface area contributed by atoms with Gasteiger partial charge in [-0.15, -0.1) is 11.3 Å². The highest BCUT2D eigenvalue weighted by Gasteiger charge is 2.08. The summed E-state index contributed by atoms with van der Waals surface area (Å²) in [5.41, 5.74) is 1.15. The highest BCUT2D eigenvalue weighted by Crippen LogP contribution is 2.20. The summed E-state index contributed by atoms with van der Waals surface area (Å²) < 4.78 is 13.0. The molecule has 2 aromatic rings. The van der Waals surface area contributed by atoms with Crippen molar-refractivity contribution in [3.8, 4) is 6.07 Å². The van der Waals surface area contributed by atoms with Gasteiger partial charge >= 0.3 is 0 Å². The molecule has 92 valence electrons. The third kappa shape index (κ3) is 2.88. The lowest BCUT2D eigenvalue weighted by Crippen LogP contribution is -2.21. The Bertz CT molecular complexity index is 558. The Morgan fingerprint density at radius 1 is 1.39 bits per heavy atom. The Morgan fingerprint density at radius 2 is 2.22 bits per heavy atom. The molecule has 0 fully saturated rings. The van der Waals surface area contributed by atoms with Crippen molar-refractivity contribution in [1.29, 1.82) is 5.26 Å². The molecule has 0 saturated carbocycles. The Kier molecular flexibility index (Phi) is 3.96. The molecule has 1 heterocycles. The van der Waals surface area contributed by atoms with Crippen LogP contribution in [0.5, 0.6) is 0 Å². The molecule has 1 aromatic heterocycles. The first-order valence-corrected chi connectivity index (χ1v) is 6.52. The van der Waals surface area contributed by atoms with Gasteiger partial charge in [-0.05, 0) is 36.1 Å². The summed E-state index contributed by atoms with van der Waals surface area (Å²) in [4.78, 5) is 3.29. The fourth-order valence-corrected chi connectivity index (χ4v) is 2.48. The maximum Gasteiger partial charge on any atom is 0.124 e. The number of halogens is 1. The van der Waals surface area contributed by atoms with Gasteiger partial charge in [-0.1, -0.05) is 6.07 Å². The van der Waals surface area contributed by atoms with E-state index in [2.05, 4.69) is 6.07 Å². The van der Waals surface area contributed by atoms with E-state index in [9.17, 15) is 4.39 Å². The van der Waals surface area contributed by atoms with E-state index in [0.29, 0.717) is 5.56 Å². The van der Waals surface area contributed by atoms with E-state index < -0.39 is 0 Å². The summed E-state index contributed by atoms with van der Waals surface area (Å²) in [7, 11) is 1.92. The van der Waals surface area contributed by atoms with Crippen molar-refractivity contribution in [2.24, 2.45) is 0 Å². The minimum atomic E-state index is -0.373. The number of rotatable bonds is 4. The average Bonchev–Trinajstić information content (AvgIpc) is 2.88. The first kappa shape index (κ1) is 12.6. The Balaban J connectivity index is 2.09. The summed E-state index contributed by atoms with van der Waals surface area (Å²) in [6, 6.07) is 10.5. The first-order valence-electron chi connectivity index (χ1n) is 5.64. The zero-order valence-electron chi connectivity index (χ0n) is 10.1. The van der Waals surface area contributed by atoms with Crippen molar-refractivity contribution < 1.29 is 4.39 Å². The average molecular weight is 260 g/mol. The molecule has 0 spiro atoms. The van der Waals surface area contributed by atoms with E-state index in [4.69, 9.17) is 5.26 Å². The normalized spacial score (nSPS) is 10.1. The molecule has 0 bridgehead atoms. The topological polar surface area (TPSA) is 27.0 Å². The minimum Gasteiger partial charge on any atom is -0.373 e. The fourth-order valence-electron chi connectivity index (χ4n) is 1.78. The Hall–Kier alpha value is -1.86. The number of hydrogen-bond acceptors (Lipinski definition) is 3. The smallest absolute Gasteiger partial charge is 0.124 e. The number of anilines is 1. The number of benzene rings is 1. The lowest BCUT2D eigenvalue weighted by molar-refractivity contribution is 0.627. The van der Waals surface area contributed by atoms with E-state index in [1.807, 2.05) is 29.5 Å². The largest absolute Gasteiger partial charge is 0.373 e. The summed E-state index contributed by atoms with van der Waals surface area (Å²) in [5.74, 6) is -0.373. The number of hydrogen-bond donors (Lipinski definition) is 0. The van der Waals surface area contributed by atoms with Crippen LogP contribution in [0.25, 0.3) is 0 Å². The van der Waals surface area contributed by atoms with Crippen LogP contribution in [0.2, 0.25) is 0 Å². The van der Waals surface area contributed by atoms with Crippen LogP contribution in [0.15, 0.2) is 35.7 Å². The quantitative estimate of drug-likeness (QED) is 0.842. The van der Waals surface area contributed by atoms with Gasteiger partial charge in [0.15, 0.2) is 0 Å². The zero-order valence-corrected chi connectivity index (χ0v) is 10.9. The van der Waals surface area contributed by atoms with Crippen molar-refractivity contribution >= 4 is 17.0 Å². The van der Waals surface area contributed by atoms with Gasteiger partial charge in [0.2, 0.25) is 0 Å². The molecule has 0 aliphatic carbocycles. The molecule has 0 radical (unpaired) electrons. The molecule has 0 saturated heterocycles. The molecule has 0 N–H and O–H groups in total. The van der Waals surface area contributed by atoms with Crippen LogP contribution in [-0.4, -0.2) is 13.6 Å². The molecule has 18 heavy (non-hydrogen) atoms. The van der Waals surface area contributed by atoms with Crippen molar-refractivity contribution in [3.63, 3.8) is 0 Å². The Morgan fingerprint density at radius 3 is 2.89 bits per heavy atom. The van der Waals surface area contributed by atoms with Gasteiger partial charge in [-0.3, -0.25) is 0 Å². The molecule has 2 rings (SSSR count). The highest BCUT2D eigenvalue weighted by atomic mass is 32.1. The van der Waals surface area contributed by atoms with Crippen LogP contribution in [0.3, 0.4) is 0 Å². The second-order valence-electron chi connectivity index (χ2n) is 4.02. The van der Waals surface area contributed by atoms with Gasteiger partial charge in [-0.25, -0.2) is 4.39 Å². The predicted octanol–water partition coefficient (Wildman–Crippen LogP) is 3.44. The van der Waals surface area contributed by atoms with Crippen LogP contribution < -0.4 is 4.90 Å². The molecule has 0 unspecified atom stereocenters. The highest BCUT2D eigenvalue weighted by molar-refractivity contribution is 7.09. The monoisotopic (exact) mass is 260 g/mol. The van der Waals surface area contributed by atoms with Crippen molar-refractivity contribution in [3.05, 3.63) is 52.0 Å². The van der Waals surface area contributed by atoms with Gasteiger partial charge in [0.1, 0.15) is 11.9 Å². The number of thiophene rings is 1. The van der Waals surface area contributed by atoms with Crippen LogP contribution in [-0.2, 0) is 6.42 Å². The predicted molar refractivity (Wildman–Crippen MR) is 72.4 cm³/mol. The third-order valence-corrected chi connectivity index (χ3v) is 3.70. The van der Waals surface area contributed by atoms with E-state index >= 15 is 0 Å². The number of nitrogens with zero attached hydrogens (tertiary/aromatic N) is 2. The molecule has 0 aliphatic heterocycles. The second-order valence-corrected chi connectivity index (χ2v) is 5.06. The van der Waals surface area contributed by atoms with Gasteiger partial charge in [0.25, 0.3) is 0 Å². The van der Waals surface area contributed by atoms with E-state index in [-0.39, 0.29) is 5.82 Å². The maximum absolute atomic E-state index is 13.0. The summed E-state index contributed by atoms with van der Waals surface area (Å²) >= 11 is 1.72. The SMILES string of the molecule is CN(CCc1cccs1)c1ccc(F)cc1C#N. The molecule has 4 heteroatoms. The van der Waals surface area contributed by atoms with Crippen LogP contribution in [0, 0.1) is 17.1 Å². The first-order chi connectivity index (χ1) is 8.70. The zero-order chi connectivity index (χ0) is 13.0. The number of likely N-dealkylation sites (N-methyl/N-ethyl adjacent to an activating group) is 1. The van der Waals surface area contributed by atoms with Crippen molar-refractivity contribution in [2.75, 3.05) is 18.5 Å². The molecule has 2 nitrogen and oxygen atoms in total. The molecular weight excluding hydrogens is 247 g/mol. The molecular formula is C14H13FN2S. The van der Waals surface area contributed by atoms with Crippen LogP contribution in [0.1, 0.15) is 10.4 Å². The lowest BCUT2D eigenvalue weighted by Gasteiger charge is -2.20. The fraction of sp³-hybridized carbons (Fsp3) is 0.214. The minimum absolute atomic E-state index is 0.373. The van der Waals surface area contributed by atoms with Crippen LogP contribution >= 0.6 is 11.3 Å². The van der Waals surface area contributed by atoms with E-state index in [1.165, 1.54) is 17.0 Å². The third-order valence-electron chi connectivity index (χ3n) is 2.76. The summed E-state index contributed by atoms with van der Waals surface area (Å²) in [6.45, 7) is 0.806. The molecule has 0 aliphatic rings. The summed E-state index contributed by atoms with van der Waals surface area (Å²) in [5, 5.41) is 11.1. The van der Waals surface area contributed by atoms with Gasteiger partial charge < -0.3 is 4.90 Å². The standard InChI is InChI=1S/C14H13FN2S/c1-17(7-6-13-3-2-8-18-13)14-5-4-12(15)9-11(14)10-16/h2-5,8-9H,6-7H2,1H3. The van der Waals surface area contributed by atoms with E-state index in [1.54, 1.807) is 17.4 Å². The van der Waals surface area contributed by atoms with Gasteiger partial charge in [0, 0.05) is 18.5 Å². The molecule has 0 amide bonds. The summed E-state index contributed by atoms with van der Waals surface area (Å²) in [6.07, 6.45) is 0.927. The van der Waals surface area contributed by atoms with E-state index in [0.717, 1.165) is 18.7 Å². The lowest BCUT2D eigenvalue weighted by atomic mass is 10.1. The maximum atomic E-state index is 13.0. The molecule has 1 aromatic carbocycles. The van der Waals surface area contributed by atoms with Gasteiger partial charge in [0.05, 0.1) is 11.3 Å². The Labute approximate surface area is 110 Å². The van der Waals surface area contributed by atoms with Gasteiger partial charge in [-0.2, -0.15) is 5.26 Å². The van der Waals surface area contributed by atoms with Crippen molar-refractivity contribution in [2.45, 2.75) is 6.42 Å². The van der Waals surface area contributed by atoms with Crippen molar-refractivity contribution in [1.82, 2.24) is 0 Å². The second kappa shape index (κ2) is 5.65. The van der Waals surface area contributed by atoms with Crippen LogP contribution in [0.4, 0.5) is 10.1 Å². The molecule has 0 atom stereocenters.